The first kappa shape index (κ1) is 17.9. The third kappa shape index (κ3) is 4.59. The van der Waals surface area contributed by atoms with Crippen molar-refractivity contribution in [2.45, 2.75) is 10.9 Å². The van der Waals surface area contributed by atoms with Crippen LogP contribution in [-0.4, -0.2) is 20.1 Å². The summed E-state index contributed by atoms with van der Waals surface area (Å²) in [6, 6.07) is 26.6. The third-order valence-electron chi connectivity index (χ3n) is 3.70. The average molecular weight is 511 g/mol. The van der Waals surface area contributed by atoms with Gasteiger partial charge in [0.1, 0.15) is 0 Å². The Balaban J connectivity index is 1.94. The average Bonchev–Trinajstić information content (AvgIpc) is 2.62. The van der Waals surface area contributed by atoms with Gasteiger partial charge in [0.25, 0.3) is 0 Å². The van der Waals surface area contributed by atoms with Crippen LogP contribution in [0.4, 0.5) is 0 Å². The van der Waals surface area contributed by atoms with E-state index in [2.05, 4.69) is 68.3 Å². The van der Waals surface area contributed by atoms with Crippen molar-refractivity contribution in [3.8, 4) is 0 Å². The van der Waals surface area contributed by atoms with E-state index in [4.69, 9.17) is 0 Å². The summed E-state index contributed by atoms with van der Waals surface area (Å²) in [5, 5.41) is 11.0. The van der Waals surface area contributed by atoms with E-state index >= 15 is 0 Å². The van der Waals surface area contributed by atoms with Crippen LogP contribution in [0.2, 0.25) is 0 Å². The first-order valence-corrected chi connectivity index (χ1v) is 11.0. The molecule has 1 N–H and O–H groups in total. The maximum absolute atomic E-state index is 11.0. The quantitative estimate of drug-likeness (QED) is 0.478. The molecule has 0 aliphatic carbocycles. The Bertz CT molecular complexity index is 773. The van der Waals surface area contributed by atoms with Crippen LogP contribution in [0.1, 0.15) is 22.0 Å². The molecule has 0 spiro atoms. The van der Waals surface area contributed by atoms with Gasteiger partial charge in [0.2, 0.25) is 0 Å². The fraction of sp³-hybridized carbons (Fsp3) is 0.100. The van der Waals surface area contributed by atoms with Crippen LogP contribution >= 0.6 is 31.9 Å². The molecular weight excluding hydrogens is 495 g/mol. The molecule has 0 amide bonds. The molecule has 0 unspecified atom stereocenters. The predicted molar refractivity (Wildman–Crippen MR) is 108 cm³/mol. The van der Waals surface area contributed by atoms with E-state index in [1.54, 1.807) is 0 Å². The zero-order valence-corrected chi connectivity index (χ0v) is 17.7. The maximum atomic E-state index is 11.0. The first-order valence-electron chi connectivity index (χ1n) is 7.54. The van der Waals surface area contributed by atoms with Gasteiger partial charge >= 0.3 is 166 Å². The molecule has 0 radical (unpaired) electrons. The van der Waals surface area contributed by atoms with E-state index in [0.29, 0.717) is 0 Å². The van der Waals surface area contributed by atoms with E-state index in [-0.39, 0.29) is 19.8 Å². The molecule has 24 heavy (non-hydrogen) atoms. The zero-order valence-electron chi connectivity index (χ0n) is 12.8. The first-order chi connectivity index (χ1) is 11.6. The number of benzene rings is 3. The zero-order chi connectivity index (χ0) is 16.9. The molecular formula is C20H16Br2OSe. The second-order valence-corrected chi connectivity index (χ2v) is 9.78. The minimum absolute atomic E-state index is 0.0641. The summed E-state index contributed by atoms with van der Waals surface area (Å²) in [4.78, 5) is 0.0641. The molecule has 122 valence electrons. The summed E-state index contributed by atoms with van der Waals surface area (Å²) in [6.45, 7) is 0. The molecule has 0 heterocycles. The van der Waals surface area contributed by atoms with Gasteiger partial charge in [-0.3, -0.25) is 0 Å². The Labute approximate surface area is 165 Å². The van der Waals surface area contributed by atoms with Gasteiger partial charge in [0.05, 0.1) is 0 Å². The molecule has 0 saturated heterocycles. The molecule has 3 aromatic carbocycles. The van der Waals surface area contributed by atoms with Crippen molar-refractivity contribution in [1.29, 1.82) is 0 Å². The summed E-state index contributed by atoms with van der Waals surface area (Å²) in [5.41, 5.74) is 2.11. The monoisotopic (exact) mass is 510 g/mol. The second kappa shape index (κ2) is 8.46. The topological polar surface area (TPSA) is 20.2 Å². The molecule has 1 nitrogen and oxygen atoms in total. The molecule has 2 atom stereocenters. The van der Waals surface area contributed by atoms with Gasteiger partial charge in [-0.15, -0.1) is 0 Å². The number of aliphatic hydroxyl groups excluding tert-OH is 1. The predicted octanol–water partition coefficient (Wildman–Crippen LogP) is 5.02. The molecule has 3 aromatic rings. The number of hydrogen-bond acceptors (Lipinski definition) is 1. The van der Waals surface area contributed by atoms with Crippen molar-refractivity contribution in [2.24, 2.45) is 0 Å². The normalized spacial score (nSPS) is 13.5. The van der Waals surface area contributed by atoms with Gasteiger partial charge in [-0.2, -0.15) is 0 Å². The van der Waals surface area contributed by atoms with Crippen LogP contribution in [-0.2, 0) is 0 Å². The van der Waals surface area contributed by atoms with Gasteiger partial charge in [-0.1, -0.05) is 0 Å². The molecule has 0 aliphatic rings. The van der Waals surface area contributed by atoms with Gasteiger partial charge in [-0.25, -0.2) is 0 Å². The Morgan fingerprint density at radius 2 is 1.17 bits per heavy atom. The van der Waals surface area contributed by atoms with Crippen molar-refractivity contribution in [1.82, 2.24) is 0 Å². The fourth-order valence-electron chi connectivity index (χ4n) is 2.45. The molecule has 4 heteroatoms. The second-order valence-electron chi connectivity index (χ2n) is 5.40. The summed E-state index contributed by atoms with van der Waals surface area (Å²) >= 11 is 7.07. The van der Waals surface area contributed by atoms with E-state index in [0.717, 1.165) is 20.1 Å². The van der Waals surface area contributed by atoms with Crippen molar-refractivity contribution in [3.05, 3.63) is 98.9 Å². The molecule has 0 aliphatic heterocycles. The summed E-state index contributed by atoms with van der Waals surface area (Å²) in [5.74, 6) is 0. The Hall–Kier alpha value is -0.901. The van der Waals surface area contributed by atoms with Gasteiger partial charge in [0, 0.05) is 0 Å². The number of aliphatic hydroxyl groups is 1. The van der Waals surface area contributed by atoms with Crippen LogP contribution < -0.4 is 4.46 Å². The van der Waals surface area contributed by atoms with Crippen LogP contribution in [0.5, 0.6) is 0 Å². The standard InChI is InChI=1S/C20H16Br2OSe/c21-16-10-6-14(7-11-16)19(23)20(15-8-12-17(22)13-9-15)24-18-4-2-1-3-5-18/h1-13,19-20,23H/t19-,20-/m0/s1. The van der Waals surface area contributed by atoms with Gasteiger partial charge < -0.3 is 0 Å². The molecule has 0 aromatic heterocycles. The van der Waals surface area contributed by atoms with E-state index in [1.807, 2.05) is 42.5 Å². The Morgan fingerprint density at radius 1 is 0.667 bits per heavy atom. The summed E-state index contributed by atoms with van der Waals surface area (Å²) < 4.78 is 3.36. The number of hydrogen-bond donors (Lipinski definition) is 1. The van der Waals surface area contributed by atoms with Crippen molar-refractivity contribution in [3.63, 3.8) is 0 Å². The van der Waals surface area contributed by atoms with Crippen LogP contribution in [0.25, 0.3) is 0 Å². The fourth-order valence-corrected chi connectivity index (χ4v) is 5.47. The summed E-state index contributed by atoms with van der Waals surface area (Å²) in [6.07, 6.45) is -0.528. The van der Waals surface area contributed by atoms with E-state index in [9.17, 15) is 5.11 Å². The van der Waals surface area contributed by atoms with Crippen LogP contribution in [0.3, 0.4) is 0 Å². The Kier molecular flexibility index (Phi) is 6.31. The van der Waals surface area contributed by atoms with Gasteiger partial charge in [-0.05, 0) is 0 Å². The SMILES string of the molecule is O[C@@H](c1ccc(Br)cc1)[C@@H]([Se]c1ccccc1)c1ccc(Br)cc1. The van der Waals surface area contributed by atoms with Crippen molar-refractivity contribution >= 4 is 51.3 Å². The summed E-state index contributed by atoms with van der Waals surface area (Å²) in [7, 11) is 0. The van der Waals surface area contributed by atoms with Crippen LogP contribution in [0, 0.1) is 0 Å². The molecule has 3 rings (SSSR count). The molecule has 0 saturated carbocycles. The van der Waals surface area contributed by atoms with Crippen molar-refractivity contribution in [2.75, 3.05) is 0 Å². The van der Waals surface area contributed by atoms with Crippen molar-refractivity contribution < 1.29 is 5.11 Å². The molecule has 0 fully saturated rings. The third-order valence-corrected chi connectivity index (χ3v) is 7.55. The minimum atomic E-state index is -0.528. The number of halogens is 2. The number of rotatable bonds is 5. The molecule has 0 bridgehead atoms. The van der Waals surface area contributed by atoms with E-state index < -0.39 is 6.10 Å². The Morgan fingerprint density at radius 3 is 1.71 bits per heavy atom. The van der Waals surface area contributed by atoms with Crippen LogP contribution in [0.15, 0.2) is 87.8 Å². The van der Waals surface area contributed by atoms with E-state index in [1.165, 1.54) is 4.46 Å². The van der Waals surface area contributed by atoms with Gasteiger partial charge in [0.15, 0.2) is 0 Å².